The lowest BCUT2D eigenvalue weighted by Crippen LogP contribution is -2.33. The molecule has 30 heavy (non-hydrogen) atoms. The Morgan fingerprint density at radius 2 is 1.67 bits per heavy atom. The lowest BCUT2D eigenvalue weighted by molar-refractivity contribution is 0.0938. The fraction of sp³-hybridized carbons (Fsp3) is 0.174. The maximum absolute atomic E-state index is 13.0. The summed E-state index contributed by atoms with van der Waals surface area (Å²) in [6.45, 7) is 1.91. The van der Waals surface area contributed by atoms with E-state index in [0.29, 0.717) is 0 Å². The Morgan fingerprint density at radius 1 is 0.967 bits per heavy atom. The van der Waals surface area contributed by atoms with Crippen molar-refractivity contribution in [2.75, 3.05) is 4.72 Å². The Morgan fingerprint density at radius 3 is 2.37 bits per heavy atom. The lowest BCUT2D eigenvalue weighted by atomic mass is 10.1. The van der Waals surface area contributed by atoms with Gasteiger partial charge in [0.15, 0.2) is 0 Å². The van der Waals surface area contributed by atoms with E-state index in [2.05, 4.69) is 10.0 Å². The second-order valence-corrected chi connectivity index (χ2v) is 8.72. The number of hydrogen-bond acceptors (Lipinski definition) is 3. The number of aryl methyl sites for hydroxylation is 1. The van der Waals surface area contributed by atoms with Crippen LogP contribution < -0.4 is 10.0 Å². The van der Waals surface area contributed by atoms with E-state index in [0.717, 1.165) is 12.8 Å². The van der Waals surface area contributed by atoms with Crippen LogP contribution in [0.4, 0.5) is 10.1 Å². The molecule has 1 atom stereocenters. The molecule has 0 fully saturated rings. The smallest absolute Gasteiger partial charge is 0.261 e. The van der Waals surface area contributed by atoms with Crippen molar-refractivity contribution in [3.8, 4) is 0 Å². The summed E-state index contributed by atoms with van der Waals surface area (Å²) in [6.07, 6.45) is 1.60. The summed E-state index contributed by atoms with van der Waals surface area (Å²) < 4.78 is 40.6. The molecule has 0 aromatic heterocycles. The first-order valence-corrected chi connectivity index (χ1v) is 11.0. The van der Waals surface area contributed by atoms with Crippen LogP contribution in [0.5, 0.6) is 0 Å². The third kappa shape index (κ3) is 5.90. The molecule has 0 radical (unpaired) electrons. The van der Waals surface area contributed by atoms with Gasteiger partial charge in [-0.25, -0.2) is 12.8 Å². The van der Waals surface area contributed by atoms with Crippen LogP contribution >= 0.6 is 0 Å². The van der Waals surface area contributed by atoms with Gasteiger partial charge in [0.2, 0.25) is 0 Å². The topological polar surface area (TPSA) is 75.3 Å². The zero-order chi connectivity index (χ0) is 21.6. The Hall–Kier alpha value is -3.19. The van der Waals surface area contributed by atoms with Crippen LogP contribution in [0, 0.1) is 5.82 Å². The third-order valence-electron chi connectivity index (χ3n) is 4.59. The summed E-state index contributed by atoms with van der Waals surface area (Å²) in [7, 11) is -3.91. The Labute approximate surface area is 176 Å². The fourth-order valence-electron chi connectivity index (χ4n) is 2.94. The summed E-state index contributed by atoms with van der Waals surface area (Å²) in [6, 6.07) is 20.7. The molecule has 0 saturated carbocycles. The molecule has 2 N–H and O–H groups in total. The molecular formula is C23H23FN2O3S. The monoisotopic (exact) mass is 426 g/mol. The highest BCUT2D eigenvalue weighted by molar-refractivity contribution is 7.92. The highest BCUT2D eigenvalue weighted by atomic mass is 32.2. The van der Waals surface area contributed by atoms with Gasteiger partial charge in [-0.05, 0) is 67.8 Å². The van der Waals surface area contributed by atoms with Crippen LogP contribution in [0.1, 0.15) is 29.3 Å². The van der Waals surface area contributed by atoms with Crippen molar-refractivity contribution in [3.05, 3.63) is 95.8 Å². The molecule has 0 spiro atoms. The number of hydrogen-bond donors (Lipinski definition) is 2. The molecule has 0 aliphatic rings. The van der Waals surface area contributed by atoms with E-state index in [4.69, 9.17) is 0 Å². The quantitative estimate of drug-likeness (QED) is 0.561. The average molecular weight is 427 g/mol. The number of carbonyl (C=O) groups is 1. The summed E-state index contributed by atoms with van der Waals surface area (Å²) in [5.74, 6) is -0.799. The van der Waals surface area contributed by atoms with Crippen LogP contribution in [-0.2, 0) is 16.4 Å². The summed E-state index contributed by atoms with van der Waals surface area (Å²) in [5, 5.41) is 2.91. The van der Waals surface area contributed by atoms with Crippen LogP contribution in [-0.4, -0.2) is 20.4 Å². The van der Waals surface area contributed by atoms with Crippen molar-refractivity contribution in [2.24, 2.45) is 0 Å². The maximum Gasteiger partial charge on any atom is 0.261 e. The number of amides is 1. The minimum absolute atomic E-state index is 0.0450. The number of carbonyl (C=O) groups excluding carboxylic acids is 1. The largest absolute Gasteiger partial charge is 0.350 e. The molecule has 1 amide bonds. The molecule has 3 aromatic rings. The van der Waals surface area contributed by atoms with Gasteiger partial charge in [-0.2, -0.15) is 0 Å². The Balaban J connectivity index is 1.64. The first-order valence-electron chi connectivity index (χ1n) is 9.57. The van der Waals surface area contributed by atoms with Crippen molar-refractivity contribution in [1.82, 2.24) is 5.32 Å². The highest BCUT2D eigenvalue weighted by Gasteiger charge is 2.17. The molecule has 3 aromatic carbocycles. The van der Waals surface area contributed by atoms with Gasteiger partial charge in [-0.1, -0.05) is 36.4 Å². The number of benzene rings is 3. The van der Waals surface area contributed by atoms with E-state index in [1.54, 1.807) is 6.07 Å². The van der Waals surface area contributed by atoms with Crippen LogP contribution in [0.2, 0.25) is 0 Å². The normalized spacial score (nSPS) is 12.2. The molecule has 0 saturated heterocycles. The Bertz CT molecular complexity index is 1100. The number of nitrogens with one attached hydrogen (secondary N) is 2. The molecule has 7 heteroatoms. The fourth-order valence-corrected chi connectivity index (χ4v) is 4.05. The Kier molecular flexibility index (Phi) is 6.84. The summed E-state index contributed by atoms with van der Waals surface area (Å²) in [5.41, 5.74) is 1.68. The standard InChI is InChI=1S/C23H23FN2O3S/c1-17(10-11-18-6-3-2-4-7-18)25-23(27)19-8-5-9-22(16-19)30(28,29)26-21-14-12-20(24)13-15-21/h2-9,12-17,26H,10-11H2,1H3,(H,25,27)/t17-/m1/s1. The number of rotatable bonds is 8. The molecule has 3 rings (SSSR count). The van der Waals surface area contributed by atoms with E-state index in [1.165, 1.54) is 48.0 Å². The zero-order valence-corrected chi connectivity index (χ0v) is 17.3. The lowest BCUT2D eigenvalue weighted by Gasteiger charge is -2.15. The third-order valence-corrected chi connectivity index (χ3v) is 5.97. The highest BCUT2D eigenvalue weighted by Crippen LogP contribution is 2.18. The van der Waals surface area contributed by atoms with Crippen LogP contribution in [0.3, 0.4) is 0 Å². The van der Waals surface area contributed by atoms with E-state index < -0.39 is 15.8 Å². The van der Waals surface area contributed by atoms with Crippen LogP contribution in [0.15, 0.2) is 83.8 Å². The van der Waals surface area contributed by atoms with Gasteiger partial charge in [0.05, 0.1) is 4.90 Å². The van der Waals surface area contributed by atoms with Gasteiger partial charge < -0.3 is 5.32 Å². The number of sulfonamides is 1. The van der Waals surface area contributed by atoms with Crippen molar-refractivity contribution in [1.29, 1.82) is 0 Å². The van der Waals surface area contributed by atoms with Gasteiger partial charge in [0, 0.05) is 17.3 Å². The predicted molar refractivity (Wildman–Crippen MR) is 115 cm³/mol. The molecular weight excluding hydrogens is 403 g/mol. The van der Waals surface area contributed by atoms with Crippen molar-refractivity contribution in [2.45, 2.75) is 30.7 Å². The van der Waals surface area contributed by atoms with E-state index >= 15 is 0 Å². The first kappa shape index (κ1) is 21.5. The zero-order valence-electron chi connectivity index (χ0n) is 16.5. The summed E-state index contributed by atoms with van der Waals surface area (Å²) >= 11 is 0. The molecule has 0 aliphatic carbocycles. The summed E-state index contributed by atoms with van der Waals surface area (Å²) in [4.78, 5) is 12.5. The molecule has 0 heterocycles. The van der Waals surface area contributed by atoms with E-state index in [9.17, 15) is 17.6 Å². The molecule has 156 valence electrons. The molecule has 0 bridgehead atoms. The number of halogens is 1. The van der Waals surface area contributed by atoms with E-state index in [1.807, 2.05) is 37.3 Å². The first-order chi connectivity index (χ1) is 14.3. The van der Waals surface area contributed by atoms with Crippen molar-refractivity contribution in [3.63, 3.8) is 0 Å². The minimum Gasteiger partial charge on any atom is -0.350 e. The SMILES string of the molecule is C[C@H](CCc1ccccc1)NC(=O)c1cccc(S(=O)(=O)Nc2ccc(F)cc2)c1. The van der Waals surface area contributed by atoms with Gasteiger partial charge in [0.1, 0.15) is 5.82 Å². The van der Waals surface area contributed by atoms with Gasteiger partial charge >= 0.3 is 0 Å². The predicted octanol–water partition coefficient (Wildman–Crippen LogP) is 4.38. The maximum atomic E-state index is 13.0. The molecule has 0 aliphatic heterocycles. The molecule has 0 unspecified atom stereocenters. The van der Waals surface area contributed by atoms with E-state index in [-0.39, 0.29) is 28.1 Å². The minimum atomic E-state index is -3.91. The second kappa shape index (κ2) is 9.54. The molecule has 5 nitrogen and oxygen atoms in total. The van der Waals surface area contributed by atoms with Gasteiger partial charge in [0.25, 0.3) is 15.9 Å². The van der Waals surface area contributed by atoms with Gasteiger partial charge in [-0.15, -0.1) is 0 Å². The van der Waals surface area contributed by atoms with Crippen molar-refractivity contribution < 1.29 is 17.6 Å². The average Bonchev–Trinajstić information content (AvgIpc) is 2.74. The second-order valence-electron chi connectivity index (χ2n) is 7.04. The van der Waals surface area contributed by atoms with Crippen molar-refractivity contribution >= 4 is 21.6 Å². The number of anilines is 1. The van der Waals surface area contributed by atoms with Gasteiger partial charge in [-0.3, -0.25) is 9.52 Å². The van der Waals surface area contributed by atoms with Crippen LogP contribution in [0.25, 0.3) is 0 Å².